The van der Waals surface area contributed by atoms with E-state index in [9.17, 15) is 13.2 Å². The number of aromatic nitrogens is 2. The van der Waals surface area contributed by atoms with Gasteiger partial charge in [-0.2, -0.15) is 0 Å². The van der Waals surface area contributed by atoms with Crippen LogP contribution in [-0.2, 0) is 27.6 Å². The van der Waals surface area contributed by atoms with Gasteiger partial charge in [-0.05, 0) is 48.9 Å². The fourth-order valence-electron chi connectivity index (χ4n) is 3.34. The fourth-order valence-corrected chi connectivity index (χ4v) is 4.97. The van der Waals surface area contributed by atoms with Crippen molar-refractivity contribution in [2.24, 2.45) is 0 Å². The van der Waals surface area contributed by atoms with Gasteiger partial charge in [-0.1, -0.05) is 35.6 Å². The average molecular weight is 482 g/mol. The number of carbonyl (C=O) groups excluding carboxylic acids is 1. The average Bonchev–Trinajstić information content (AvgIpc) is 3.23. The zero-order valence-corrected chi connectivity index (χ0v) is 19.9. The number of carbonyl (C=O) groups is 1. The number of ether oxygens (including phenoxy) is 1. The molecule has 0 bridgehead atoms. The summed E-state index contributed by atoms with van der Waals surface area (Å²) in [6.07, 6.45) is 2.95. The summed E-state index contributed by atoms with van der Waals surface area (Å²) in [5, 5.41) is 0.556. The number of para-hydroxylation sites is 1. The number of amides is 1. The Hall–Kier alpha value is -3.30. The highest BCUT2D eigenvalue weighted by Crippen LogP contribution is 2.35. The van der Waals surface area contributed by atoms with E-state index < -0.39 is 9.84 Å². The molecule has 1 amide bonds. The molecule has 0 N–H and O–H groups in total. The van der Waals surface area contributed by atoms with Crippen LogP contribution in [0.4, 0.5) is 5.13 Å². The molecule has 0 aliphatic carbocycles. The molecular formula is C24H23N3O4S2. The first-order valence-corrected chi connectivity index (χ1v) is 13.1. The summed E-state index contributed by atoms with van der Waals surface area (Å²) in [4.78, 5) is 24.3. The Morgan fingerprint density at radius 3 is 2.52 bits per heavy atom. The van der Waals surface area contributed by atoms with Crippen LogP contribution in [0.2, 0.25) is 0 Å². The molecule has 170 valence electrons. The highest BCUT2D eigenvalue weighted by Gasteiger charge is 2.22. The van der Waals surface area contributed by atoms with Crippen molar-refractivity contribution in [1.29, 1.82) is 0 Å². The maximum absolute atomic E-state index is 13.4. The van der Waals surface area contributed by atoms with E-state index in [1.54, 1.807) is 23.2 Å². The van der Waals surface area contributed by atoms with Gasteiger partial charge in [0, 0.05) is 12.5 Å². The molecule has 2 heterocycles. The van der Waals surface area contributed by atoms with Gasteiger partial charge in [0.15, 0.2) is 15.0 Å². The normalized spacial score (nSPS) is 11.5. The van der Waals surface area contributed by atoms with E-state index in [4.69, 9.17) is 9.72 Å². The molecule has 0 aliphatic heterocycles. The molecule has 33 heavy (non-hydrogen) atoms. The van der Waals surface area contributed by atoms with E-state index in [0.717, 1.165) is 27.7 Å². The Bertz CT molecular complexity index is 1370. The van der Waals surface area contributed by atoms with Crippen molar-refractivity contribution in [2.45, 2.75) is 24.8 Å². The van der Waals surface area contributed by atoms with Crippen molar-refractivity contribution in [1.82, 2.24) is 9.97 Å². The maximum atomic E-state index is 13.4. The first-order chi connectivity index (χ1) is 15.8. The number of anilines is 1. The second-order valence-electron chi connectivity index (χ2n) is 7.43. The Morgan fingerprint density at radius 2 is 1.85 bits per heavy atom. The Morgan fingerprint density at radius 1 is 1.06 bits per heavy atom. The monoisotopic (exact) mass is 481 g/mol. The molecule has 0 aliphatic rings. The summed E-state index contributed by atoms with van der Waals surface area (Å²) in [7, 11) is -3.30. The molecule has 0 unspecified atom stereocenters. The SMILES string of the molecule is CCOc1cccc2sc(N(Cc3ccccn3)C(=O)Cc3ccc(S(C)(=O)=O)cc3)nc12. The Balaban J connectivity index is 1.67. The third kappa shape index (κ3) is 5.37. The molecule has 0 radical (unpaired) electrons. The number of sulfone groups is 1. The molecule has 0 saturated heterocycles. The smallest absolute Gasteiger partial charge is 0.233 e. The summed E-state index contributed by atoms with van der Waals surface area (Å²) >= 11 is 1.42. The van der Waals surface area contributed by atoms with Crippen LogP contribution >= 0.6 is 11.3 Å². The highest BCUT2D eigenvalue weighted by molar-refractivity contribution is 7.90. The molecule has 4 aromatic rings. The lowest BCUT2D eigenvalue weighted by atomic mass is 10.1. The van der Waals surface area contributed by atoms with Crippen LogP contribution in [-0.4, -0.2) is 37.2 Å². The second kappa shape index (κ2) is 9.68. The second-order valence-corrected chi connectivity index (χ2v) is 10.5. The number of benzene rings is 2. The molecule has 0 spiro atoms. The van der Waals surface area contributed by atoms with Gasteiger partial charge in [0.05, 0.1) is 34.9 Å². The maximum Gasteiger partial charge on any atom is 0.233 e. The molecule has 4 rings (SSSR count). The van der Waals surface area contributed by atoms with E-state index in [0.29, 0.717) is 17.5 Å². The minimum atomic E-state index is -3.30. The summed E-state index contributed by atoms with van der Waals surface area (Å²) < 4.78 is 30.1. The molecule has 0 fully saturated rings. The number of hydrogen-bond acceptors (Lipinski definition) is 7. The zero-order chi connectivity index (χ0) is 23.4. The number of thiazole rings is 1. The fraction of sp³-hybridized carbons (Fsp3) is 0.208. The highest BCUT2D eigenvalue weighted by atomic mass is 32.2. The third-order valence-electron chi connectivity index (χ3n) is 4.96. The third-order valence-corrected chi connectivity index (χ3v) is 7.13. The minimum Gasteiger partial charge on any atom is -0.492 e. The van der Waals surface area contributed by atoms with Gasteiger partial charge in [-0.15, -0.1) is 0 Å². The van der Waals surface area contributed by atoms with Gasteiger partial charge in [0.1, 0.15) is 11.3 Å². The van der Waals surface area contributed by atoms with Crippen LogP contribution in [0.25, 0.3) is 10.2 Å². The van der Waals surface area contributed by atoms with Crippen LogP contribution in [0.5, 0.6) is 5.75 Å². The minimum absolute atomic E-state index is 0.102. The molecule has 2 aromatic heterocycles. The number of hydrogen-bond donors (Lipinski definition) is 0. The molecular weight excluding hydrogens is 458 g/mol. The molecule has 2 aromatic carbocycles. The Labute approximate surface area is 196 Å². The zero-order valence-electron chi connectivity index (χ0n) is 18.3. The summed E-state index contributed by atoms with van der Waals surface area (Å²) in [5.74, 6) is 0.517. The van der Waals surface area contributed by atoms with Gasteiger partial charge in [0.25, 0.3) is 0 Å². The molecule has 0 atom stereocenters. The van der Waals surface area contributed by atoms with E-state index in [1.165, 1.54) is 23.5 Å². The predicted octanol–water partition coefficient (Wildman–Crippen LogP) is 4.27. The van der Waals surface area contributed by atoms with Crippen LogP contribution in [0.15, 0.2) is 71.8 Å². The van der Waals surface area contributed by atoms with E-state index >= 15 is 0 Å². The van der Waals surface area contributed by atoms with Gasteiger partial charge < -0.3 is 4.74 Å². The number of nitrogens with zero attached hydrogens (tertiary/aromatic N) is 3. The lowest BCUT2D eigenvalue weighted by Gasteiger charge is -2.19. The van der Waals surface area contributed by atoms with Crippen molar-refractivity contribution < 1.29 is 17.9 Å². The van der Waals surface area contributed by atoms with Gasteiger partial charge >= 0.3 is 0 Å². The van der Waals surface area contributed by atoms with Gasteiger partial charge in [0.2, 0.25) is 5.91 Å². The first kappa shape index (κ1) is 22.9. The number of pyridine rings is 1. The van der Waals surface area contributed by atoms with Crippen molar-refractivity contribution in [2.75, 3.05) is 17.8 Å². The molecule has 9 heteroatoms. The predicted molar refractivity (Wildman–Crippen MR) is 129 cm³/mol. The van der Waals surface area contributed by atoms with Crippen LogP contribution < -0.4 is 9.64 Å². The van der Waals surface area contributed by atoms with E-state index in [-0.39, 0.29) is 23.8 Å². The number of fused-ring (bicyclic) bond motifs is 1. The Kier molecular flexibility index (Phi) is 6.71. The topological polar surface area (TPSA) is 89.5 Å². The van der Waals surface area contributed by atoms with Gasteiger partial charge in [-0.3, -0.25) is 14.7 Å². The molecule has 0 saturated carbocycles. The van der Waals surface area contributed by atoms with Crippen molar-refractivity contribution >= 4 is 42.4 Å². The van der Waals surface area contributed by atoms with Crippen LogP contribution in [0.3, 0.4) is 0 Å². The molecule has 7 nitrogen and oxygen atoms in total. The van der Waals surface area contributed by atoms with E-state index in [1.807, 2.05) is 43.3 Å². The largest absolute Gasteiger partial charge is 0.492 e. The quantitative estimate of drug-likeness (QED) is 0.373. The number of rotatable bonds is 8. The summed E-state index contributed by atoms with van der Waals surface area (Å²) in [5.41, 5.74) is 2.17. The van der Waals surface area contributed by atoms with Crippen molar-refractivity contribution in [3.05, 3.63) is 78.1 Å². The first-order valence-electron chi connectivity index (χ1n) is 10.4. The van der Waals surface area contributed by atoms with Crippen molar-refractivity contribution in [3.63, 3.8) is 0 Å². The standard InChI is InChI=1S/C24H23N3O4S2/c1-3-31-20-8-6-9-21-23(20)26-24(32-21)27(16-18-7-4-5-14-25-18)22(28)15-17-10-12-19(13-11-17)33(2,29)30/h4-14H,3,15-16H2,1-2H3. The van der Waals surface area contributed by atoms with Crippen LogP contribution in [0.1, 0.15) is 18.2 Å². The summed E-state index contributed by atoms with van der Waals surface area (Å²) in [6, 6.07) is 17.7. The van der Waals surface area contributed by atoms with Gasteiger partial charge in [-0.25, -0.2) is 13.4 Å². The van der Waals surface area contributed by atoms with Crippen molar-refractivity contribution in [3.8, 4) is 5.75 Å². The van der Waals surface area contributed by atoms with Crippen LogP contribution in [0, 0.1) is 0 Å². The summed E-state index contributed by atoms with van der Waals surface area (Å²) in [6.45, 7) is 2.70. The van der Waals surface area contributed by atoms with E-state index in [2.05, 4.69) is 4.98 Å². The lowest BCUT2D eigenvalue weighted by molar-refractivity contribution is -0.118. The lowest BCUT2D eigenvalue weighted by Crippen LogP contribution is -2.32.